The SMILES string of the molecule is O=C(CC1(C(=O)O)CCC1)Nc1cc(Cl)ccc1C(=O)N1CCCCC1. The molecule has 0 atom stereocenters. The fourth-order valence-corrected chi connectivity index (χ4v) is 3.82. The van der Waals surface area contributed by atoms with E-state index in [4.69, 9.17) is 11.6 Å². The number of piperidine rings is 1. The lowest BCUT2D eigenvalue weighted by Gasteiger charge is -2.37. The van der Waals surface area contributed by atoms with Crippen LogP contribution >= 0.6 is 11.6 Å². The van der Waals surface area contributed by atoms with Crippen molar-refractivity contribution in [1.29, 1.82) is 0 Å². The molecule has 1 heterocycles. The smallest absolute Gasteiger partial charge is 0.310 e. The Morgan fingerprint density at radius 2 is 1.81 bits per heavy atom. The van der Waals surface area contributed by atoms with Crippen LogP contribution in [0.5, 0.6) is 0 Å². The van der Waals surface area contributed by atoms with Crippen molar-refractivity contribution in [3.05, 3.63) is 28.8 Å². The van der Waals surface area contributed by atoms with Crippen molar-refractivity contribution < 1.29 is 19.5 Å². The van der Waals surface area contributed by atoms with Crippen LogP contribution in [0.4, 0.5) is 5.69 Å². The summed E-state index contributed by atoms with van der Waals surface area (Å²) in [5, 5.41) is 12.5. The van der Waals surface area contributed by atoms with Gasteiger partial charge in [0.1, 0.15) is 0 Å². The van der Waals surface area contributed by atoms with Crippen molar-refractivity contribution in [2.45, 2.75) is 44.9 Å². The lowest BCUT2D eigenvalue weighted by atomic mass is 9.66. The summed E-state index contributed by atoms with van der Waals surface area (Å²) >= 11 is 6.04. The average Bonchev–Trinajstić information content (AvgIpc) is 2.58. The molecule has 2 amide bonds. The number of hydrogen-bond donors (Lipinski definition) is 2. The van der Waals surface area contributed by atoms with Crippen LogP contribution < -0.4 is 5.32 Å². The van der Waals surface area contributed by atoms with E-state index in [1.165, 1.54) is 0 Å². The largest absolute Gasteiger partial charge is 0.481 e. The minimum Gasteiger partial charge on any atom is -0.481 e. The second-order valence-electron chi connectivity index (χ2n) is 7.21. The molecule has 7 heteroatoms. The molecular weight excluding hydrogens is 356 g/mol. The van der Waals surface area contributed by atoms with E-state index in [2.05, 4.69) is 5.32 Å². The lowest BCUT2D eigenvalue weighted by Crippen LogP contribution is -2.41. The third-order valence-electron chi connectivity index (χ3n) is 5.39. The van der Waals surface area contributed by atoms with E-state index in [1.54, 1.807) is 23.1 Å². The van der Waals surface area contributed by atoms with Crippen LogP contribution in [0.1, 0.15) is 55.3 Å². The Labute approximate surface area is 157 Å². The van der Waals surface area contributed by atoms with E-state index in [1.807, 2.05) is 0 Å². The molecule has 140 valence electrons. The number of likely N-dealkylation sites (tertiary alicyclic amines) is 1. The number of hydrogen-bond acceptors (Lipinski definition) is 3. The molecule has 0 radical (unpaired) electrons. The molecule has 0 aromatic heterocycles. The van der Waals surface area contributed by atoms with Crippen molar-refractivity contribution in [2.24, 2.45) is 5.41 Å². The van der Waals surface area contributed by atoms with Gasteiger partial charge in [0.15, 0.2) is 0 Å². The van der Waals surface area contributed by atoms with Crippen LogP contribution in [0.25, 0.3) is 0 Å². The predicted octanol–water partition coefficient (Wildman–Crippen LogP) is 3.55. The molecule has 1 saturated carbocycles. The van der Waals surface area contributed by atoms with Gasteiger partial charge >= 0.3 is 5.97 Å². The number of anilines is 1. The first-order valence-electron chi connectivity index (χ1n) is 9.03. The van der Waals surface area contributed by atoms with E-state index in [0.29, 0.717) is 42.2 Å². The number of nitrogens with one attached hydrogen (secondary N) is 1. The summed E-state index contributed by atoms with van der Waals surface area (Å²) in [4.78, 5) is 38.5. The summed E-state index contributed by atoms with van der Waals surface area (Å²) in [6.07, 6.45) is 4.80. The minimum atomic E-state index is -0.973. The van der Waals surface area contributed by atoms with Gasteiger partial charge < -0.3 is 15.3 Å². The van der Waals surface area contributed by atoms with Gasteiger partial charge in [0.05, 0.1) is 16.7 Å². The second kappa shape index (κ2) is 7.66. The summed E-state index contributed by atoms with van der Waals surface area (Å²) in [7, 11) is 0. The summed E-state index contributed by atoms with van der Waals surface area (Å²) < 4.78 is 0. The molecule has 2 fully saturated rings. The van der Waals surface area contributed by atoms with Crippen molar-refractivity contribution in [3.63, 3.8) is 0 Å². The third kappa shape index (κ3) is 3.85. The van der Waals surface area contributed by atoms with E-state index < -0.39 is 17.3 Å². The van der Waals surface area contributed by atoms with Crippen LogP contribution in [-0.2, 0) is 9.59 Å². The Balaban J connectivity index is 1.76. The number of carbonyl (C=O) groups excluding carboxylic acids is 2. The number of carboxylic acids is 1. The van der Waals surface area contributed by atoms with Gasteiger partial charge in [-0.25, -0.2) is 0 Å². The van der Waals surface area contributed by atoms with Crippen molar-refractivity contribution >= 4 is 35.1 Å². The normalized spacial score (nSPS) is 18.7. The maximum absolute atomic E-state index is 12.8. The zero-order valence-electron chi connectivity index (χ0n) is 14.6. The first kappa shape index (κ1) is 18.7. The molecule has 0 spiro atoms. The van der Waals surface area contributed by atoms with Gasteiger partial charge in [0.25, 0.3) is 5.91 Å². The van der Waals surface area contributed by atoms with Crippen LogP contribution in [0.3, 0.4) is 0 Å². The highest BCUT2D eigenvalue weighted by molar-refractivity contribution is 6.31. The number of amides is 2. The van der Waals surface area contributed by atoms with E-state index in [-0.39, 0.29) is 12.3 Å². The number of benzene rings is 1. The minimum absolute atomic E-state index is 0.0911. The number of nitrogens with zero attached hydrogens (tertiary/aromatic N) is 1. The van der Waals surface area contributed by atoms with Crippen LogP contribution in [0.2, 0.25) is 5.02 Å². The van der Waals surface area contributed by atoms with Crippen molar-refractivity contribution in [2.75, 3.05) is 18.4 Å². The van der Waals surface area contributed by atoms with Crippen LogP contribution in [0, 0.1) is 5.41 Å². The first-order valence-corrected chi connectivity index (χ1v) is 9.41. The van der Waals surface area contributed by atoms with Gasteiger partial charge in [0.2, 0.25) is 5.91 Å². The molecule has 3 rings (SSSR count). The molecular formula is C19H23ClN2O4. The standard InChI is InChI=1S/C19H23ClN2O4/c20-13-5-6-14(17(24)22-9-2-1-3-10-22)15(11-13)21-16(23)12-19(18(25)26)7-4-8-19/h5-6,11H,1-4,7-10,12H2,(H,21,23)(H,25,26). The Hall–Kier alpha value is -2.08. The lowest BCUT2D eigenvalue weighted by molar-refractivity contribution is -0.157. The van der Waals surface area contributed by atoms with Gasteiger partial charge in [-0.15, -0.1) is 0 Å². The van der Waals surface area contributed by atoms with Gasteiger partial charge in [-0.1, -0.05) is 18.0 Å². The second-order valence-corrected chi connectivity index (χ2v) is 7.64. The Bertz CT molecular complexity index is 724. The molecule has 1 aliphatic heterocycles. The average molecular weight is 379 g/mol. The number of carboxylic acid groups (broad SMARTS) is 1. The van der Waals surface area contributed by atoms with Crippen molar-refractivity contribution in [1.82, 2.24) is 4.90 Å². The Kier molecular flexibility index (Phi) is 5.51. The molecule has 2 aliphatic rings. The molecule has 2 N–H and O–H groups in total. The highest BCUT2D eigenvalue weighted by atomic mass is 35.5. The fraction of sp³-hybridized carbons (Fsp3) is 0.526. The number of halogens is 1. The van der Waals surface area contributed by atoms with E-state index >= 15 is 0 Å². The first-order chi connectivity index (χ1) is 12.4. The van der Waals surface area contributed by atoms with E-state index in [0.717, 1.165) is 25.7 Å². The third-order valence-corrected chi connectivity index (χ3v) is 5.63. The Morgan fingerprint density at radius 1 is 1.12 bits per heavy atom. The zero-order chi connectivity index (χ0) is 18.7. The molecule has 0 unspecified atom stereocenters. The number of aliphatic carboxylic acids is 1. The zero-order valence-corrected chi connectivity index (χ0v) is 15.3. The molecule has 1 aromatic carbocycles. The van der Waals surface area contributed by atoms with Crippen LogP contribution in [-0.4, -0.2) is 40.9 Å². The quantitative estimate of drug-likeness (QED) is 0.820. The Morgan fingerprint density at radius 3 is 2.38 bits per heavy atom. The maximum atomic E-state index is 12.8. The predicted molar refractivity (Wildman–Crippen MR) is 98.4 cm³/mol. The maximum Gasteiger partial charge on any atom is 0.310 e. The van der Waals surface area contributed by atoms with Gasteiger partial charge in [0, 0.05) is 24.5 Å². The summed E-state index contributed by atoms with van der Waals surface area (Å²) in [5.74, 6) is -1.47. The summed E-state index contributed by atoms with van der Waals surface area (Å²) in [6.45, 7) is 1.41. The van der Waals surface area contributed by atoms with E-state index in [9.17, 15) is 19.5 Å². The molecule has 6 nitrogen and oxygen atoms in total. The molecule has 1 aliphatic carbocycles. The summed E-state index contributed by atoms with van der Waals surface area (Å²) in [5.41, 5.74) is -0.236. The number of carbonyl (C=O) groups is 3. The van der Waals surface area contributed by atoms with Gasteiger partial charge in [-0.3, -0.25) is 14.4 Å². The number of rotatable bonds is 5. The highest BCUT2D eigenvalue weighted by Gasteiger charge is 2.46. The van der Waals surface area contributed by atoms with Gasteiger partial charge in [-0.2, -0.15) is 0 Å². The fourth-order valence-electron chi connectivity index (χ4n) is 3.65. The highest BCUT2D eigenvalue weighted by Crippen LogP contribution is 2.44. The molecule has 1 saturated heterocycles. The van der Waals surface area contributed by atoms with Crippen LogP contribution in [0.15, 0.2) is 18.2 Å². The monoisotopic (exact) mass is 378 g/mol. The van der Waals surface area contributed by atoms with Gasteiger partial charge in [-0.05, 0) is 50.3 Å². The topological polar surface area (TPSA) is 86.7 Å². The van der Waals surface area contributed by atoms with Crippen molar-refractivity contribution in [3.8, 4) is 0 Å². The summed E-state index contributed by atoms with van der Waals surface area (Å²) in [6, 6.07) is 4.79. The molecule has 26 heavy (non-hydrogen) atoms. The molecule has 1 aromatic rings. The molecule has 0 bridgehead atoms.